The molecule has 24 heavy (non-hydrogen) atoms. The molecule has 8 nitrogen and oxygen atoms in total. The van der Waals surface area contributed by atoms with E-state index in [2.05, 4.69) is 10.3 Å². The number of pyridine rings is 1. The lowest BCUT2D eigenvalue weighted by Crippen LogP contribution is -2.21. The highest BCUT2D eigenvalue weighted by molar-refractivity contribution is 7.89. The third kappa shape index (κ3) is 3.22. The van der Waals surface area contributed by atoms with Gasteiger partial charge in [-0.3, -0.25) is 15.1 Å². The summed E-state index contributed by atoms with van der Waals surface area (Å²) in [5, 5.41) is 19.3. The van der Waals surface area contributed by atoms with Crippen molar-refractivity contribution < 1.29 is 13.3 Å². The number of benzene rings is 1. The highest BCUT2D eigenvalue weighted by Gasteiger charge is 2.45. The average Bonchev–Trinajstić information content (AvgIpc) is 3.34. The Hall–Kier alpha value is -2.52. The molecule has 2 aromatic rings. The van der Waals surface area contributed by atoms with Gasteiger partial charge in [0.1, 0.15) is 5.69 Å². The van der Waals surface area contributed by atoms with Gasteiger partial charge in [0.2, 0.25) is 10.0 Å². The van der Waals surface area contributed by atoms with Crippen molar-refractivity contribution in [3.8, 4) is 0 Å². The molecule has 1 saturated carbocycles. The number of rotatable bonds is 6. The molecule has 1 aliphatic rings. The van der Waals surface area contributed by atoms with Gasteiger partial charge in [-0.25, -0.2) is 13.6 Å². The number of hydrogen-bond acceptors (Lipinski definition) is 6. The number of nitrogens with two attached hydrogens (primary N) is 1. The molecule has 126 valence electrons. The summed E-state index contributed by atoms with van der Waals surface area (Å²) in [5.74, 6) is 0. The number of nitrogens with zero attached hydrogens (tertiary/aromatic N) is 2. The van der Waals surface area contributed by atoms with Gasteiger partial charge in [-0.1, -0.05) is 6.07 Å². The quantitative estimate of drug-likeness (QED) is 0.605. The van der Waals surface area contributed by atoms with Gasteiger partial charge in [0.15, 0.2) is 0 Å². The van der Waals surface area contributed by atoms with Crippen LogP contribution >= 0.6 is 0 Å². The zero-order valence-corrected chi connectivity index (χ0v) is 13.5. The van der Waals surface area contributed by atoms with Crippen LogP contribution in [-0.4, -0.2) is 24.9 Å². The predicted molar refractivity (Wildman–Crippen MR) is 88.1 cm³/mol. The Morgan fingerprint density at radius 1 is 1.29 bits per heavy atom. The van der Waals surface area contributed by atoms with E-state index in [0.29, 0.717) is 6.54 Å². The number of anilines is 1. The number of primary sulfonamides is 1. The van der Waals surface area contributed by atoms with Crippen molar-refractivity contribution in [1.82, 2.24) is 4.98 Å². The van der Waals surface area contributed by atoms with Crippen molar-refractivity contribution >= 4 is 21.4 Å². The van der Waals surface area contributed by atoms with Crippen LogP contribution in [0.4, 0.5) is 11.4 Å². The highest BCUT2D eigenvalue weighted by Crippen LogP contribution is 2.47. The van der Waals surface area contributed by atoms with E-state index in [1.165, 1.54) is 12.1 Å². The second-order valence-corrected chi connectivity index (χ2v) is 7.39. The maximum absolute atomic E-state index is 11.4. The first-order valence-corrected chi connectivity index (χ1v) is 8.83. The second-order valence-electron chi connectivity index (χ2n) is 5.83. The summed E-state index contributed by atoms with van der Waals surface area (Å²) in [6.07, 6.45) is 3.61. The lowest BCUT2D eigenvalue weighted by Gasteiger charge is -2.16. The lowest BCUT2D eigenvalue weighted by atomic mass is 10.0. The molecule has 0 spiro atoms. The fraction of sp³-hybridized carbons (Fsp3) is 0.267. The fourth-order valence-corrected chi connectivity index (χ4v) is 3.14. The monoisotopic (exact) mass is 348 g/mol. The highest BCUT2D eigenvalue weighted by atomic mass is 32.2. The molecular weight excluding hydrogens is 332 g/mol. The summed E-state index contributed by atoms with van der Waals surface area (Å²) < 4.78 is 22.7. The van der Waals surface area contributed by atoms with Gasteiger partial charge in [0.05, 0.1) is 9.82 Å². The van der Waals surface area contributed by atoms with E-state index in [9.17, 15) is 18.5 Å². The van der Waals surface area contributed by atoms with E-state index < -0.39 is 14.9 Å². The van der Waals surface area contributed by atoms with Crippen LogP contribution < -0.4 is 10.5 Å². The van der Waals surface area contributed by atoms with Crippen LogP contribution in [0, 0.1) is 10.1 Å². The lowest BCUT2D eigenvalue weighted by molar-refractivity contribution is -0.384. The van der Waals surface area contributed by atoms with Gasteiger partial charge < -0.3 is 5.32 Å². The van der Waals surface area contributed by atoms with Crippen LogP contribution in [0.15, 0.2) is 47.5 Å². The molecule has 1 aromatic carbocycles. The molecule has 1 fully saturated rings. The zero-order chi connectivity index (χ0) is 17.4. The van der Waals surface area contributed by atoms with Crippen LogP contribution in [0.3, 0.4) is 0 Å². The van der Waals surface area contributed by atoms with E-state index in [1.54, 1.807) is 6.20 Å². The first-order chi connectivity index (χ1) is 11.3. The van der Waals surface area contributed by atoms with Crippen molar-refractivity contribution in [2.24, 2.45) is 5.14 Å². The summed E-state index contributed by atoms with van der Waals surface area (Å²) in [6.45, 7) is 0.486. The summed E-state index contributed by atoms with van der Waals surface area (Å²) in [6, 6.07) is 9.28. The van der Waals surface area contributed by atoms with Gasteiger partial charge in [-0.15, -0.1) is 0 Å². The molecule has 0 bridgehead atoms. The van der Waals surface area contributed by atoms with Crippen LogP contribution in [0.1, 0.15) is 18.5 Å². The molecule has 0 saturated heterocycles. The third-order valence-corrected chi connectivity index (χ3v) is 5.08. The predicted octanol–water partition coefficient (Wildman–Crippen LogP) is 1.78. The Balaban J connectivity index is 1.84. The minimum absolute atomic E-state index is 0.131. The smallest absolute Gasteiger partial charge is 0.293 e. The molecular formula is C15H16N4O4S. The van der Waals surface area contributed by atoms with E-state index in [1.807, 2.05) is 18.2 Å². The van der Waals surface area contributed by atoms with Crippen LogP contribution in [0.5, 0.6) is 0 Å². The first kappa shape index (κ1) is 16.3. The number of nitro benzene ring substituents is 1. The van der Waals surface area contributed by atoms with E-state index >= 15 is 0 Å². The summed E-state index contributed by atoms with van der Waals surface area (Å²) in [4.78, 5) is 14.7. The third-order valence-electron chi connectivity index (χ3n) is 4.17. The van der Waals surface area contributed by atoms with Crippen molar-refractivity contribution in [2.45, 2.75) is 23.2 Å². The topological polar surface area (TPSA) is 128 Å². The Labute approximate surface area is 138 Å². The molecule has 3 rings (SSSR count). The first-order valence-electron chi connectivity index (χ1n) is 7.28. The Kier molecular flexibility index (Phi) is 3.98. The van der Waals surface area contributed by atoms with Gasteiger partial charge >= 0.3 is 0 Å². The summed E-state index contributed by atoms with van der Waals surface area (Å²) in [5.41, 5.74) is 0.752. The van der Waals surface area contributed by atoms with Crippen LogP contribution in [0.25, 0.3) is 0 Å². The summed E-state index contributed by atoms with van der Waals surface area (Å²) >= 11 is 0. The molecule has 0 atom stereocenters. The second kappa shape index (κ2) is 5.84. The van der Waals surface area contributed by atoms with Gasteiger partial charge in [-0.2, -0.15) is 0 Å². The minimum Gasteiger partial charge on any atom is -0.379 e. The van der Waals surface area contributed by atoms with Gasteiger partial charge in [0.25, 0.3) is 5.69 Å². The average molecular weight is 348 g/mol. The number of hydrogen-bond donors (Lipinski definition) is 2. The molecule has 1 aromatic heterocycles. The van der Waals surface area contributed by atoms with Gasteiger partial charge in [0, 0.05) is 29.9 Å². The molecule has 9 heteroatoms. The van der Waals surface area contributed by atoms with E-state index in [4.69, 9.17) is 5.14 Å². The van der Waals surface area contributed by atoms with Crippen molar-refractivity contribution in [2.75, 3.05) is 11.9 Å². The molecule has 0 aliphatic heterocycles. The van der Waals surface area contributed by atoms with E-state index in [-0.39, 0.29) is 21.7 Å². The normalized spacial score (nSPS) is 15.7. The van der Waals surface area contributed by atoms with Crippen LogP contribution in [0.2, 0.25) is 0 Å². The van der Waals surface area contributed by atoms with E-state index in [0.717, 1.165) is 24.6 Å². The maximum Gasteiger partial charge on any atom is 0.293 e. The molecule has 3 N–H and O–H groups in total. The van der Waals surface area contributed by atoms with Crippen molar-refractivity contribution in [3.05, 3.63) is 58.4 Å². The Bertz CT molecular complexity index is 880. The SMILES string of the molecule is NS(=O)(=O)c1ccc(NCC2(c3ccccn3)CC2)c([N+](=O)[O-])c1. The summed E-state index contributed by atoms with van der Waals surface area (Å²) in [7, 11) is -3.99. The molecule has 1 aliphatic carbocycles. The van der Waals surface area contributed by atoms with Crippen molar-refractivity contribution in [1.29, 1.82) is 0 Å². The Morgan fingerprint density at radius 3 is 2.58 bits per heavy atom. The van der Waals surface area contributed by atoms with Crippen LogP contribution in [-0.2, 0) is 15.4 Å². The maximum atomic E-state index is 11.4. The fourth-order valence-electron chi connectivity index (χ4n) is 2.60. The number of nitrogens with one attached hydrogen (secondary N) is 1. The minimum atomic E-state index is -3.99. The Morgan fingerprint density at radius 2 is 2.04 bits per heavy atom. The molecule has 0 radical (unpaired) electrons. The molecule has 1 heterocycles. The number of nitro groups is 1. The number of aromatic nitrogens is 1. The zero-order valence-electron chi connectivity index (χ0n) is 12.7. The van der Waals surface area contributed by atoms with Crippen molar-refractivity contribution in [3.63, 3.8) is 0 Å². The largest absolute Gasteiger partial charge is 0.379 e. The van der Waals surface area contributed by atoms with Gasteiger partial charge in [-0.05, 0) is 37.1 Å². The number of sulfonamides is 1. The standard InChI is InChI=1S/C15H16N4O4S/c16-24(22,23)11-4-5-12(13(9-11)19(20)21)18-10-15(6-7-15)14-3-1-2-8-17-14/h1-5,8-9,18H,6-7,10H2,(H2,16,22,23). The molecule has 0 amide bonds. The molecule has 0 unspecified atom stereocenters.